The third kappa shape index (κ3) is 3.82. The lowest BCUT2D eigenvalue weighted by molar-refractivity contribution is -0.120. The van der Waals surface area contributed by atoms with E-state index in [2.05, 4.69) is 10.6 Å². The Balaban J connectivity index is 2.04. The summed E-state index contributed by atoms with van der Waals surface area (Å²) in [4.78, 5) is 23.4. The van der Waals surface area contributed by atoms with Crippen LogP contribution in [0.3, 0.4) is 0 Å². The number of hydrogen-bond acceptors (Lipinski definition) is 3. The molecule has 21 heavy (non-hydrogen) atoms. The van der Waals surface area contributed by atoms with Crippen LogP contribution in [0.5, 0.6) is 0 Å². The minimum atomic E-state index is -0.105. The molecule has 0 bridgehead atoms. The molecular weight excluding hydrogens is 266 g/mol. The van der Waals surface area contributed by atoms with Gasteiger partial charge in [-0.2, -0.15) is 0 Å². The molecule has 2 unspecified atom stereocenters. The van der Waals surface area contributed by atoms with Crippen LogP contribution in [0, 0.1) is 18.8 Å². The van der Waals surface area contributed by atoms with E-state index in [0.29, 0.717) is 12.5 Å². The molecule has 5 nitrogen and oxygen atoms in total. The largest absolute Gasteiger partial charge is 0.330 e. The highest BCUT2D eigenvalue weighted by Crippen LogP contribution is 2.32. The summed E-state index contributed by atoms with van der Waals surface area (Å²) in [5.74, 6) is 0.260. The van der Waals surface area contributed by atoms with E-state index in [1.54, 1.807) is 6.07 Å². The molecule has 114 valence electrons. The second kappa shape index (κ2) is 6.72. The maximum Gasteiger partial charge on any atom is 0.227 e. The van der Waals surface area contributed by atoms with Gasteiger partial charge in [0, 0.05) is 24.2 Å². The average Bonchev–Trinajstić information content (AvgIpc) is 2.90. The van der Waals surface area contributed by atoms with Gasteiger partial charge in [-0.3, -0.25) is 9.59 Å². The van der Waals surface area contributed by atoms with E-state index in [-0.39, 0.29) is 17.7 Å². The number of rotatable bonds is 4. The van der Waals surface area contributed by atoms with Gasteiger partial charge in [-0.25, -0.2) is 0 Å². The van der Waals surface area contributed by atoms with Gasteiger partial charge in [-0.1, -0.05) is 6.42 Å². The zero-order valence-corrected chi connectivity index (χ0v) is 12.6. The van der Waals surface area contributed by atoms with Crippen LogP contribution in [0.4, 0.5) is 11.4 Å². The normalized spacial score (nSPS) is 21.1. The molecule has 1 aliphatic rings. The summed E-state index contributed by atoms with van der Waals surface area (Å²) in [6.45, 7) is 3.94. The van der Waals surface area contributed by atoms with Crippen molar-refractivity contribution in [2.45, 2.75) is 33.1 Å². The second-order valence-electron chi connectivity index (χ2n) is 5.73. The molecule has 1 fully saturated rings. The standard InChI is InChI=1S/C16H23N3O2/c1-10-8-13(6-7-15(10)18-11(2)20)19-16(21)14-5-3-4-12(14)9-17/h6-8,12,14H,3-5,9,17H2,1-2H3,(H,18,20)(H,19,21). The van der Waals surface area contributed by atoms with Crippen molar-refractivity contribution in [3.63, 3.8) is 0 Å². The fourth-order valence-electron chi connectivity index (χ4n) is 2.97. The van der Waals surface area contributed by atoms with Crippen LogP contribution in [0.2, 0.25) is 0 Å². The predicted molar refractivity (Wildman–Crippen MR) is 84.0 cm³/mol. The van der Waals surface area contributed by atoms with Crippen molar-refractivity contribution in [3.8, 4) is 0 Å². The summed E-state index contributed by atoms with van der Waals surface area (Å²) in [5.41, 5.74) is 8.17. The molecule has 0 heterocycles. The zero-order chi connectivity index (χ0) is 15.4. The van der Waals surface area contributed by atoms with Gasteiger partial charge in [0.1, 0.15) is 0 Å². The fourth-order valence-corrected chi connectivity index (χ4v) is 2.97. The number of aryl methyl sites for hydroxylation is 1. The lowest BCUT2D eigenvalue weighted by Crippen LogP contribution is -2.29. The SMILES string of the molecule is CC(=O)Nc1ccc(NC(=O)C2CCCC2CN)cc1C. The Bertz CT molecular complexity index is 542. The number of nitrogens with one attached hydrogen (secondary N) is 2. The molecule has 2 rings (SSSR count). The summed E-state index contributed by atoms with van der Waals surface area (Å²) in [6, 6.07) is 5.49. The number of hydrogen-bond donors (Lipinski definition) is 3. The highest BCUT2D eigenvalue weighted by molar-refractivity contribution is 5.94. The van der Waals surface area contributed by atoms with Crippen molar-refractivity contribution in [2.75, 3.05) is 17.2 Å². The number of carbonyl (C=O) groups is 2. The Morgan fingerprint density at radius 2 is 2.05 bits per heavy atom. The van der Waals surface area contributed by atoms with Crippen molar-refractivity contribution in [1.29, 1.82) is 0 Å². The summed E-state index contributed by atoms with van der Waals surface area (Å²) in [5, 5.41) is 5.72. The monoisotopic (exact) mass is 289 g/mol. The molecule has 0 spiro atoms. The van der Waals surface area contributed by atoms with E-state index >= 15 is 0 Å². The van der Waals surface area contributed by atoms with E-state index in [1.165, 1.54) is 6.92 Å². The van der Waals surface area contributed by atoms with Crippen molar-refractivity contribution >= 4 is 23.2 Å². The Kier molecular flexibility index (Phi) is 4.96. The quantitative estimate of drug-likeness (QED) is 0.795. The van der Waals surface area contributed by atoms with Gasteiger partial charge < -0.3 is 16.4 Å². The smallest absolute Gasteiger partial charge is 0.227 e. The minimum absolute atomic E-state index is 0.0188. The van der Waals surface area contributed by atoms with Crippen molar-refractivity contribution in [3.05, 3.63) is 23.8 Å². The molecule has 0 aromatic heterocycles. The van der Waals surface area contributed by atoms with E-state index in [0.717, 1.165) is 36.2 Å². The topological polar surface area (TPSA) is 84.2 Å². The van der Waals surface area contributed by atoms with Gasteiger partial charge in [0.05, 0.1) is 0 Å². The molecule has 2 atom stereocenters. The Labute approximate surface area is 125 Å². The summed E-state index contributed by atoms with van der Waals surface area (Å²) in [7, 11) is 0. The Hall–Kier alpha value is -1.88. The van der Waals surface area contributed by atoms with Gasteiger partial charge in [0.25, 0.3) is 0 Å². The van der Waals surface area contributed by atoms with Crippen LogP contribution < -0.4 is 16.4 Å². The molecule has 1 saturated carbocycles. The lowest BCUT2D eigenvalue weighted by Gasteiger charge is -2.18. The van der Waals surface area contributed by atoms with Crippen LogP contribution >= 0.6 is 0 Å². The van der Waals surface area contributed by atoms with Crippen molar-refractivity contribution < 1.29 is 9.59 Å². The van der Waals surface area contributed by atoms with Gasteiger partial charge in [0.15, 0.2) is 0 Å². The van der Waals surface area contributed by atoms with Crippen molar-refractivity contribution in [2.24, 2.45) is 17.6 Å². The highest BCUT2D eigenvalue weighted by Gasteiger charge is 2.31. The maximum atomic E-state index is 12.3. The van der Waals surface area contributed by atoms with Gasteiger partial charge in [0.2, 0.25) is 11.8 Å². The van der Waals surface area contributed by atoms with Gasteiger partial charge in [-0.05, 0) is 56.0 Å². The first-order valence-corrected chi connectivity index (χ1v) is 7.40. The first kappa shape index (κ1) is 15.5. The summed E-state index contributed by atoms with van der Waals surface area (Å²) in [6.07, 6.45) is 3.02. The van der Waals surface area contributed by atoms with Crippen LogP contribution in [0.25, 0.3) is 0 Å². The molecule has 1 aliphatic carbocycles. The van der Waals surface area contributed by atoms with Gasteiger partial charge >= 0.3 is 0 Å². The van der Waals surface area contributed by atoms with Crippen LogP contribution in [-0.4, -0.2) is 18.4 Å². The van der Waals surface area contributed by atoms with E-state index in [1.807, 2.05) is 19.1 Å². The van der Waals surface area contributed by atoms with Gasteiger partial charge in [-0.15, -0.1) is 0 Å². The minimum Gasteiger partial charge on any atom is -0.330 e. The fraction of sp³-hybridized carbons (Fsp3) is 0.500. The van der Waals surface area contributed by atoms with Crippen LogP contribution in [0.15, 0.2) is 18.2 Å². The lowest BCUT2D eigenvalue weighted by atomic mass is 9.95. The number of benzene rings is 1. The van der Waals surface area contributed by atoms with Crippen LogP contribution in [0.1, 0.15) is 31.7 Å². The van der Waals surface area contributed by atoms with E-state index < -0.39 is 0 Å². The molecule has 2 amide bonds. The number of amides is 2. The molecule has 1 aromatic rings. The van der Waals surface area contributed by atoms with E-state index in [4.69, 9.17) is 5.73 Å². The third-order valence-electron chi connectivity index (χ3n) is 4.10. The highest BCUT2D eigenvalue weighted by atomic mass is 16.2. The zero-order valence-electron chi connectivity index (χ0n) is 12.6. The molecule has 0 saturated heterocycles. The Morgan fingerprint density at radius 3 is 2.67 bits per heavy atom. The average molecular weight is 289 g/mol. The molecule has 0 aliphatic heterocycles. The summed E-state index contributed by atoms with van der Waals surface area (Å²) < 4.78 is 0. The number of nitrogens with two attached hydrogens (primary N) is 1. The molecule has 1 aromatic carbocycles. The molecule has 0 radical (unpaired) electrons. The predicted octanol–water partition coefficient (Wildman–Crippen LogP) is 2.27. The third-order valence-corrected chi connectivity index (χ3v) is 4.10. The second-order valence-corrected chi connectivity index (χ2v) is 5.73. The molecular formula is C16H23N3O2. The number of anilines is 2. The maximum absolute atomic E-state index is 12.3. The van der Waals surface area contributed by atoms with Crippen LogP contribution in [-0.2, 0) is 9.59 Å². The first-order chi connectivity index (χ1) is 10.0. The van der Waals surface area contributed by atoms with Crippen molar-refractivity contribution in [1.82, 2.24) is 0 Å². The first-order valence-electron chi connectivity index (χ1n) is 7.40. The Morgan fingerprint density at radius 1 is 1.29 bits per heavy atom. The van der Waals surface area contributed by atoms with E-state index in [9.17, 15) is 9.59 Å². The molecule has 5 heteroatoms. The molecule has 4 N–H and O–H groups in total. The number of carbonyl (C=O) groups excluding carboxylic acids is 2. The summed E-state index contributed by atoms with van der Waals surface area (Å²) >= 11 is 0.